The summed E-state index contributed by atoms with van der Waals surface area (Å²) in [6, 6.07) is 3.31. The molecular weight excluding hydrogens is 352 g/mol. The molecule has 0 unspecified atom stereocenters. The minimum absolute atomic E-state index is 0.0212. The molecule has 0 radical (unpaired) electrons. The second-order valence-electron chi connectivity index (χ2n) is 5.48. The van der Waals surface area contributed by atoms with Crippen molar-refractivity contribution < 1.29 is 22.9 Å². The first kappa shape index (κ1) is 19.1. The number of hydrogen-bond donors (Lipinski definition) is 1. The largest absolute Gasteiger partial charge is 0.495 e. The summed E-state index contributed by atoms with van der Waals surface area (Å²) in [5.74, 6) is -0.343. The molecule has 10 nitrogen and oxygen atoms in total. The van der Waals surface area contributed by atoms with Crippen LogP contribution >= 0.6 is 0 Å². The number of likely N-dealkylation sites (N-methyl/N-ethyl adjacent to an activating group) is 1. The van der Waals surface area contributed by atoms with E-state index in [1.165, 1.54) is 20.2 Å². The molecule has 0 bridgehead atoms. The van der Waals surface area contributed by atoms with Gasteiger partial charge in [0.2, 0.25) is 15.9 Å². The fourth-order valence-electron chi connectivity index (χ4n) is 2.44. The molecule has 1 N–H and O–H groups in total. The summed E-state index contributed by atoms with van der Waals surface area (Å²) in [5.41, 5.74) is -0.374. The highest BCUT2D eigenvalue weighted by atomic mass is 32.2. The number of nitrogens with one attached hydrogen (secondary N) is 1. The Balaban J connectivity index is 2.26. The van der Waals surface area contributed by atoms with Crippen LogP contribution in [0.1, 0.15) is 0 Å². The average molecular weight is 372 g/mol. The van der Waals surface area contributed by atoms with Gasteiger partial charge in [-0.2, -0.15) is 4.31 Å². The van der Waals surface area contributed by atoms with E-state index in [2.05, 4.69) is 5.32 Å². The van der Waals surface area contributed by atoms with Gasteiger partial charge in [-0.15, -0.1) is 0 Å². The highest BCUT2D eigenvalue weighted by molar-refractivity contribution is 7.89. The lowest BCUT2D eigenvalue weighted by Gasteiger charge is -2.29. The van der Waals surface area contributed by atoms with Crippen LogP contribution in [-0.4, -0.2) is 75.3 Å². The molecule has 0 spiro atoms. The second kappa shape index (κ2) is 7.76. The third-order valence-electron chi connectivity index (χ3n) is 3.87. The number of piperazine rings is 1. The minimum Gasteiger partial charge on any atom is -0.495 e. The molecule has 1 aromatic rings. The Bertz CT molecular complexity index is 761. The molecule has 1 aromatic carbocycles. The smallest absolute Gasteiger partial charge is 0.271 e. The molecule has 0 saturated carbocycles. The number of ether oxygens (including phenoxy) is 1. The van der Waals surface area contributed by atoms with Gasteiger partial charge in [0, 0.05) is 45.4 Å². The third-order valence-corrected chi connectivity index (χ3v) is 5.70. The van der Waals surface area contributed by atoms with Crippen LogP contribution in [0.25, 0.3) is 0 Å². The molecule has 0 aliphatic carbocycles. The molecule has 1 fully saturated rings. The second-order valence-corrected chi connectivity index (χ2v) is 7.50. The molecule has 0 aromatic heterocycles. The number of non-ortho nitro benzene ring substituents is 1. The number of methoxy groups -OCH3 is 1. The van der Waals surface area contributed by atoms with E-state index in [9.17, 15) is 23.3 Å². The van der Waals surface area contributed by atoms with Crippen molar-refractivity contribution in [2.45, 2.75) is 4.90 Å². The molecular formula is C14H20N4O6S. The molecule has 1 saturated heterocycles. The van der Waals surface area contributed by atoms with Crippen LogP contribution in [0.4, 0.5) is 5.69 Å². The van der Waals surface area contributed by atoms with Gasteiger partial charge in [-0.3, -0.25) is 14.9 Å². The maximum atomic E-state index is 12.7. The normalized spacial score (nSPS) is 15.2. The summed E-state index contributed by atoms with van der Waals surface area (Å²) < 4.78 is 31.4. The first-order valence-corrected chi connectivity index (χ1v) is 8.98. The van der Waals surface area contributed by atoms with Crippen LogP contribution in [0, 0.1) is 10.1 Å². The van der Waals surface area contributed by atoms with E-state index in [1.54, 1.807) is 4.90 Å². The maximum Gasteiger partial charge on any atom is 0.271 e. The van der Waals surface area contributed by atoms with Crippen molar-refractivity contribution in [2.75, 3.05) is 46.9 Å². The Morgan fingerprint density at radius 2 is 2.04 bits per heavy atom. The van der Waals surface area contributed by atoms with E-state index >= 15 is 0 Å². The fourth-order valence-corrected chi connectivity index (χ4v) is 3.73. The van der Waals surface area contributed by atoms with E-state index in [4.69, 9.17) is 4.74 Å². The van der Waals surface area contributed by atoms with E-state index in [0.29, 0.717) is 26.2 Å². The van der Waals surface area contributed by atoms with Crippen molar-refractivity contribution in [3.8, 4) is 5.75 Å². The number of nitrogens with zero attached hydrogens (tertiary/aromatic N) is 3. The van der Waals surface area contributed by atoms with Gasteiger partial charge in [0.25, 0.3) is 5.69 Å². The highest BCUT2D eigenvalue weighted by Crippen LogP contribution is 2.30. The molecule has 1 amide bonds. The lowest BCUT2D eigenvalue weighted by atomic mass is 10.3. The van der Waals surface area contributed by atoms with Crippen LogP contribution in [0.5, 0.6) is 5.75 Å². The number of nitro benzene ring substituents is 1. The topological polar surface area (TPSA) is 122 Å². The summed E-state index contributed by atoms with van der Waals surface area (Å²) in [4.78, 5) is 23.7. The van der Waals surface area contributed by atoms with Gasteiger partial charge in [-0.05, 0) is 6.07 Å². The van der Waals surface area contributed by atoms with Crippen molar-refractivity contribution in [2.24, 2.45) is 0 Å². The summed E-state index contributed by atoms with van der Waals surface area (Å²) in [6.45, 7) is 1.97. The molecule has 138 valence electrons. The number of benzene rings is 1. The van der Waals surface area contributed by atoms with Gasteiger partial charge in [0.1, 0.15) is 10.6 Å². The minimum atomic E-state index is -4.13. The van der Waals surface area contributed by atoms with Gasteiger partial charge < -0.3 is 15.0 Å². The summed E-state index contributed by atoms with van der Waals surface area (Å²) in [6.07, 6.45) is 0. The predicted molar refractivity (Wildman–Crippen MR) is 88.9 cm³/mol. The SMILES string of the molecule is COc1ccc([N+](=O)[O-])cc1S(=O)(=O)N(C)CC(=O)N1CCNCC1. The van der Waals surface area contributed by atoms with Crippen LogP contribution in [0.15, 0.2) is 23.1 Å². The third kappa shape index (κ3) is 4.24. The van der Waals surface area contributed by atoms with E-state index in [1.807, 2.05) is 0 Å². The monoisotopic (exact) mass is 372 g/mol. The number of hydrogen-bond acceptors (Lipinski definition) is 7. The van der Waals surface area contributed by atoms with Crippen molar-refractivity contribution in [3.63, 3.8) is 0 Å². The number of carbonyl (C=O) groups excluding carboxylic acids is 1. The van der Waals surface area contributed by atoms with Crippen LogP contribution in [0.2, 0.25) is 0 Å². The lowest BCUT2D eigenvalue weighted by Crippen LogP contribution is -2.49. The number of rotatable bonds is 6. The standard InChI is InChI=1S/C14H20N4O6S/c1-16(10-14(19)17-7-5-15-6-8-17)25(22,23)13-9-11(18(20)21)3-4-12(13)24-2/h3-4,9,15H,5-8,10H2,1-2H3. The van der Waals surface area contributed by atoms with Crippen molar-refractivity contribution in [3.05, 3.63) is 28.3 Å². The maximum absolute atomic E-state index is 12.7. The summed E-state index contributed by atoms with van der Waals surface area (Å²) >= 11 is 0. The molecule has 2 rings (SSSR count). The van der Waals surface area contributed by atoms with Crippen molar-refractivity contribution >= 4 is 21.6 Å². The molecule has 0 atom stereocenters. The van der Waals surface area contributed by atoms with Crippen molar-refractivity contribution in [1.29, 1.82) is 0 Å². The first-order chi connectivity index (χ1) is 11.8. The average Bonchev–Trinajstić information content (AvgIpc) is 2.61. The summed E-state index contributed by atoms with van der Waals surface area (Å²) in [7, 11) is -1.60. The predicted octanol–water partition coefficient (Wildman–Crippen LogP) is -0.344. The molecule has 25 heavy (non-hydrogen) atoms. The Hall–Kier alpha value is -2.24. The van der Waals surface area contributed by atoms with Gasteiger partial charge in [-0.25, -0.2) is 8.42 Å². The molecule has 1 heterocycles. The number of carbonyl (C=O) groups is 1. The zero-order valence-electron chi connectivity index (χ0n) is 14.0. The van der Waals surface area contributed by atoms with Crippen LogP contribution in [-0.2, 0) is 14.8 Å². The zero-order valence-corrected chi connectivity index (χ0v) is 14.8. The van der Waals surface area contributed by atoms with Gasteiger partial charge in [0.05, 0.1) is 18.6 Å². The van der Waals surface area contributed by atoms with E-state index in [-0.39, 0.29) is 28.8 Å². The molecule has 1 aliphatic rings. The molecule has 11 heteroatoms. The lowest BCUT2D eigenvalue weighted by molar-refractivity contribution is -0.385. The zero-order chi connectivity index (χ0) is 18.6. The fraction of sp³-hybridized carbons (Fsp3) is 0.500. The first-order valence-electron chi connectivity index (χ1n) is 7.54. The summed E-state index contributed by atoms with van der Waals surface area (Å²) in [5, 5.41) is 14.0. The highest BCUT2D eigenvalue weighted by Gasteiger charge is 2.30. The number of sulfonamides is 1. The Morgan fingerprint density at radius 1 is 1.40 bits per heavy atom. The Labute approximate surface area is 145 Å². The number of nitro groups is 1. The van der Waals surface area contributed by atoms with Gasteiger partial charge >= 0.3 is 0 Å². The van der Waals surface area contributed by atoms with E-state index in [0.717, 1.165) is 16.4 Å². The van der Waals surface area contributed by atoms with Crippen LogP contribution in [0.3, 0.4) is 0 Å². The van der Waals surface area contributed by atoms with E-state index < -0.39 is 14.9 Å². The Morgan fingerprint density at radius 3 is 2.60 bits per heavy atom. The van der Waals surface area contributed by atoms with Crippen LogP contribution < -0.4 is 10.1 Å². The quantitative estimate of drug-likeness (QED) is 0.535. The molecule has 1 aliphatic heterocycles. The van der Waals surface area contributed by atoms with Gasteiger partial charge in [-0.1, -0.05) is 0 Å². The number of amides is 1. The van der Waals surface area contributed by atoms with Gasteiger partial charge in [0.15, 0.2) is 0 Å². The Kier molecular flexibility index (Phi) is 5.93. The van der Waals surface area contributed by atoms with Crippen molar-refractivity contribution in [1.82, 2.24) is 14.5 Å².